The van der Waals surface area contributed by atoms with Gasteiger partial charge in [-0.3, -0.25) is 14.8 Å². The highest BCUT2D eigenvalue weighted by Gasteiger charge is 2.22. The van der Waals surface area contributed by atoms with Crippen LogP contribution in [0.25, 0.3) is 0 Å². The Balaban J connectivity index is 1.75. The zero-order chi connectivity index (χ0) is 18.0. The van der Waals surface area contributed by atoms with Crippen molar-refractivity contribution >= 4 is 29.4 Å². The number of benzene rings is 1. The molecule has 2 heterocycles. The first kappa shape index (κ1) is 16.7. The van der Waals surface area contributed by atoms with Crippen molar-refractivity contribution in [1.29, 1.82) is 0 Å². The second-order valence-corrected chi connectivity index (χ2v) is 5.55. The molecule has 1 aromatic carbocycles. The van der Waals surface area contributed by atoms with Gasteiger partial charge >= 0.3 is 5.97 Å². The largest absolute Gasteiger partial charge is 0.477 e. The SMILES string of the molecule is Cn1ncc(C(=O)Nc2ncn(Cc3ccccc3Cl)n2)c1C(=O)O. The van der Waals surface area contributed by atoms with Gasteiger partial charge in [-0.25, -0.2) is 14.5 Å². The number of halogens is 1. The number of carboxylic acid groups (broad SMARTS) is 1. The molecule has 10 heteroatoms. The molecule has 128 valence electrons. The second kappa shape index (κ2) is 6.73. The quantitative estimate of drug-likeness (QED) is 0.715. The van der Waals surface area contributed by atoms with Crippen LogP contribution >= 0.6 is 11.6 Å². The van der Waals surface area contributed by atoms with Crippen LogP contribution in [0, 0.1) is 0 Å². The molecule has 1 amide bonds. The van der Waals surface area contributed by atoms with Crippen LogP contribution in [0.2, 0.25) is 5.02 Å². The topological polar surface area (TPSA) is 115 Å². The molecule has 3 aromatic rings. The molecule has 0 aliphatic carbocycles. The summed E-state index contributed by atoms with van der Waals surface area (Å²) in [5, 5.41) is 20.1. The van der Waals surface area contributed by atoms with Crippen molar-refractivity contribution < 1.29 is 14.7 Å². The van der Waals surface area contributed by atoms with Crippen LogP contribution in [-0.4, -0.2) is 41.5 Å². The lowest BCUT2D eigenvalue weighted by atomic mass is 10.2. The van der Waals surface area contributed by atoms with Gasteiger partial charge in [0.25, 0.3) is 5.91 Å². The van der Waals surface area contributed by atoms with E-state index in [9.17, 15) is 9.59 Å². The van der Waals surface area contributed by atoms with E-state index in [0.717, 1.165) is 10.2 Å². The van der Waals surface area contributed by atoms with Crippen molar-refractivity contribution in [2.24, 2.45) is 7.05 Å². The number of hydrogen-bond donors (Lipinski definition) is 2. The molecule has 2 N–H and O–H groups in total. The van der Waals surface area contributed by atoms with Crippen LogP contribution < -0.4 is 5.32 Å². The minimum Gasteiger partial charge on any atom is -0.477 e. The predicted molar refractivity (Wildman–Crippen MR) is 88.7 cm³/mol. The molecule has 2 aromatic heterocycles. The van der Waals surface area contributed by atoms with E-state index >= 15 is 0 Å². The first-order chi connectivity index (χ1) is 12.0. The number of amides is 1. The molecule has 0 saturated heterocycles. The fraction of sp³-hybridized carbons (Fsp3) is 0.133. The van der Waals surface area contributed by atoms with E-state index in [1.807, 2.05) is 18.2 Å². The first-order valence-corrected chi connectivity index (χ1v) is 7.53. The fourth-order valence-electron chi connectivity index (χ4n) is 2.26. The van der Waals surface area contributed by atoms with Crippen molar-refractivity contribution in [3.8, 4) is 0 Å². The van der Waals surface area contributed by atoms with E-state index < -0.39 is 11.9 Å². The van der Waals surface area contributed by atoms with Gasteiger partial charge in [-0.15, -0.1) is 5.10 Å². The van der Waals surface area contributed by atoms with Crippen molar-refractivity contribution in [3.05, 3.63) is 58.6 Å². The Hall–Kier alpha value is -3.20. The van der Waals surface area contributed by atoms with Gasteiger partial charge in [0, 0.05) is 12.1 Å². The smallest absolute Gasteiger partial charge is 0.354 e. The third-order valence-corrected chi connectivity index (χ3v) is 3.81. The van der Waals surface area contributed by atoms with Crippen LogP contribution in [0.5, 0.6) is 0 Å². The predicted octanol–water partition coefficient (Wildman–Crippen LogP) is 1.66. The molecule has 0 unspecified atom stereocenters. The Kier molecular flexibility index (Phi) is 4.48. The van der Waals surface area contributed by atoms with Crippen molar-refractivity contribution in [1.82, 2.24) is 24.5 Å². The number of hydrogen-bond acceptors (Lipinski definition) is 5. The van der Waals surface area contributed by atoms with Gasteiger partial charge in [-0.1, -0.05) is 29.8 Å². The number of rotatable bonds is 5. The monoisotopic (exact) mass is 360 g/mol. The summed E-state index contributed by atoms with van der Waals surface area (Å²) in [6.45, 7) is 0.385. The molecule has 0 radical (unpaired) electrons. The van der Waals surface area contributed by atoms with Crippen LogP contribution in [0.1, 0.15) is 26.4 Å². The minimum absolute atomic E-state index is 0.0530. The summed E-state index contributed by atoms with van der Waals surface area (Å²) >= 11 is 6.10. The summed E-state index contributed by atoms with van der Waals surface area (Å²) in [6.07, 6.45) is 2.62. The summed E-state index contributed by atoms with van der Waals surface area (Å²) in [4.78, 5) is 27.4. The third-order valence-electron chi connectivity index (χ3n) is 3.44. The fourth-order valence-corrected chi connectivity index (χ4v) is 2.45. The molecule has 0 atom stereocenters. The Morgan fingerprint density at radius 2 is 2.08 bits per heavy atom. The molecular formula is C15H13ClN6O3. The highest BCUT2D eigenvalue weighted by molar-refractivity contribution is 6.31. The molecule has 25 heavy (non-hydrogen) atoms. The summed E-state index contributed by atoms with van der Waals surface area (Å²) in [5.41, 5.74) is 0.567. The normalized spacial score (nSPS) is 10.6. The molecule has 0 bridgehead atoms. The number of carboxylic acids is 1. The van der Waals surface area contributed by atoms with Crippen LogP contribution in [0.4, 0.5) is 5.95 Å². The standard InChI is InChI=1S/C15H13ClN6O3/c1-21-12(14(24)25)10(6-18-21)13(23)19-15-17-8-22(20-15)7-9-4-2-3-5-11(9)16/h2-6,8H,7H2,1H3,(H,24,25)(H,19,20,23). The van der Waals surface area contributed by atoms with E-state index in [-0.39, 0.29) is 17.2 Å². The number of aromatic nitrogens is 5. The number of aryl methyl sites for hydroxylation is 1. The number of aromatic carboxylic acids is 1. The molecular weight excluding hydrogens is 348 g/mol. The van der Waals surface area contributed by atoms with Gasteiger partial charge in [0.05, 0.1) is 18.3 Å². The maximum atomic E-state index is 12.2. The third kappa shape index (κ3) is 3.50. The summed E-state index contributed by atoms with van der Waals surface area (Å²) in [7, 11) is 1.44. The van der Waals surface area contributed by atoms with Gasteiger partial charge in [0.15, 0.2) is 5.69 Å². The highest BCUT2D eigenvalue weighted by Crippen LogP contribution is 2.16. The van der Waals surface area contributed by atoms with Gasteiger partial charge in [0.1, 0.15) is 6.33 Å². The Labute approximate surface area is 146 Å². The van der Waals surface area contributed by atoms with Gasteiger partial charge in [-0.05, 0) is 11.6 Å². The van der Waals surface area contributed by atoms with Crippen molar-refractivity contribution in [2.75, 3.05) is 5.32 Å². The Morgan fingerprint density at radius 1 is 1.32 bits per heavy atom. The Bertz CT molecular complexity index is 948. The van der Waals surface area contributed by atoms with E-state index in [4.69, 9.17) is 16.7 Å². The average molecular weight is 361 g/mol. The zero-order valence-corrected chi connectivity index (χ0v) is 13.8. The number of nitrogens with one attached hydrogen (secondary N) is 1. The summed E-state index contributed by atoms with van der Waals surface area (Å²) < 4.78 is 2.62. The lowest BCUT2D eigenvalue weighted by molar-refractivity contribution is 0.0680. The lowest BCUT2D eigenvalue weighted by Gasteiger charge is -2.03. The summed E-state index contributed by atoms with van der Waals surface area (Å²) in [6, 6.07) is 7.31. The van der Waals surface area contributed by atoms with E-state index in [1.165, 1.54) is 24.3 Å². The average Bonchev–Trinajstić information content (AvgIpc) is 3.16. The maximum absolute atomic E-state index is 12.2. The van der Waals surface area contributed by atoms with E-state index in [0.29, 0.717) is 11.6 Å². The second-order valence-electron chi connectivity index (χ2n) is 5.15. The highest BCUT2D eigenvalue weighted by atomic mass is 35.5. The molecule has 0 aliphatic heterocycles. The molecule has 3 rings (SSSR count). The summed E-state index contributed by atoms with van der Waals surface area (Å²) in [5.74, 6) is -1.85. The molecule has 0 aliphatic rings. The van der Waals surface area contributed by atoms with Crippen LogP contribution in [0.3, 0.4) is 0 Å². The van der Waals surface area contributed by atoms with Crippen molar-refractivity contribution in [3.63, 3.8) is 0 Å². The zero-order valence-electron chi connectivity index (χ0n) is 13.0. The molecule has 0 fully saturated rings. The number of carbonyl (C=O) groups is 2. The molecule has 0 saturated carbocycles. The number of nitrogens with zero attached hydrogens (tertiary/aromatic N) is 5. The van der Waals surface area contributed by atoms with E-state index in [2.05, 4.69) is 20.5 Å². The first-order valence-electron chi connectivity index (χ1n) is 7.15. The van der Waals surface area contributed by atoms with Gasteiger partial charge in [0.2, 0.25) is 5.95 Å². The number of anilines is 1. The molecule has 9 nitrogen and oxygen atoms in total. The van der Waals surface area contributed by atoms with Crippen LogP contribution in [-0.2, 0) is 13.6 Å². The van der Waals surface area contributed by atoms with Gasteiger partial charge < -0.3 is 5.11 Å². The van der Waals surface area contributed by atoms with Gasteiger partial charge in [-0.2, -0.15) is 5.10 Å². The van der Waals surface area contributed by atoms with Crippen molar-refractivity contribution in [2.45, 2.75) is 6.54 Å². The van der Waals surface area contributed by atoms with Crippen LogP contribution in [0.15, 0.2) is 36.8 Å². The maximum Gasteiger partial charge on any atom is 0.354 e. The minimum atomic E-state index is -1.25. The Morgan fingerprint density at radius 3 is 2.80 bits per heavy atom. The molecule has 0 spiro atoms. The number of carbonyl (C=O) groups excluding carboxylic acids is 1. The lowest BCUT2D eigenvalue weighted by Crippen LogP contribution is -2.18. The van der Waals surface area contributed by atoms with E-state index in [1.54, 1.807) is 6.07 Å².